The van der Waals surface area contributed by atoms with Gasteiger partial charge in [-0.05, 0) is 18.7 Å². The third kappa shape index (κ3) is 3.68. The molecule has 3 rings (SSSR count). The molecule has 0 unspecified atom stereocenters. The number of hydrogen-bond donors (Lipinski definition) is 0. The van der Waals surface area contributed by atoms with Crippen LogP contribution in [-0.2, 0) is 11.8 Å². The van der Waals surface area contributed by atoms with Crippen LogP contribution in [0.4, 0.5) is 0 Å². The Bertz CT molecular complexity index is 692. The van der Waals surface area contributed by atoms with Crippen LogP contribution < -0.4 is 0 Å². The maximum absolute atomic E-state index is 12.7. The fraction of sp³-hybridized carbons (Fsp3) is 0.333. The van der Waals surface area contributed by atoms with Crippen molar-refractivity contribution in [3.63, 3.8) is 0 Å². The van der Waals surface area contributed by atoms with Crippen molar-refractivity contribution >= 4 is 12.0 Å². The molecule has 2 aromatic rings. The Morgan fingerprint density at radius 2 is 2.00 bits per heavy atom. The Kier molecular flexibility index (Phi) is 4.57. The van der Waals surface area contributed by atoms with Gasteiger partial charge in [-0.3, -0.25) is 9.48 Å². The van der Waals surface area contributed by atoms with Crippen molar-refractivity contribution in [3.8, 4) is 0 Å². The quantitative estimate of drug-likeness (QED) is 0.814. The Labute approximate surface area is 136 Å². The molecule has 0 spiro atoms. The second kappa shape index (κ2) is 6.79. The molecule has 1 atom stereocenters. The van der Waals surface area contributed by atoms with Crippen LogP contribution in [0.2, 0.25) is 0 Å². The summed E-state index contributed by atoms with van der Waals surface area (Å²) in [7, 11) is 3.97. The number of aryl methyl sites for hydroxylation is 1. The molecule has 0 radical (unpaired) electrons. The Morgan fingerprint density at radius 1 is 1.22 bits per heavy atom. The first-order valence-corrected chi connectivity index (χ1v) is 7.84. The van der Waals surface area contributed by atoms with Crippen molar-refractivity contribution in [3.05, 3.63) is 59.9 Å². The summed E-state index contributed by atoms with van der Waals surface area (Å²) >= 11 is 0. The van der Waals surface area contributed by atoms with Gasteiger partial charge in [-0.2, -0.15) is 5.10 Å². The maximum Gasteiger partial charge on any atom is 0.247 e. The van der Waals surface area contributed by atoms with Gasteiger partial charge >= 0.3 is 0 Å². The molecule has 0 saturated carbocycles. The second-order valence-electron chi connectivity index (χ2n) is 6.00. The van der Waals surface area contributed by atoms with Crippen molar-refractivity contribution in [2.24, 2.45) is 7.05 Å². The molecular formula is C18H22N4O. The molecule has 0 N–H and O–H groups in total. The van der Waals surface area contributed by atoms with Crippen LogP contribution in [-0.4, -0.2) is 52.2 Å². The molecule has 1 aliphatic heterocycles. The van der Waals surface area contributed by atoms with E-state index in [0.29, 0.717) is 0 Å². The van der Waals surface area contributed by atoms with Crippen molar-refractivity contribution in [1.29, 1.82) is 0 Å². The standard InChI is InChI=1S/C18H22N4O/c1-20-10-11-22(17(14-20)16-6-4-3-5-7-16)18(23)9-8-15-12-19-21(2)13-15/h3-9,12-13,17H,10-11,14H2,1-2H3/b9-8+/t17-/m0/s1. The molecule has 23 heavy (non-hydrogen) atoms. The topological polar surface area (TPSA) is 41.4 Å². The Hall–Kier alpha value is -2.40. The number of carbonyl (C=O) groups is 1. The van der Waals surface area contributed by atoms with E-state index in [1.165, 1.54) is 5.56 Å². The smallest absolute Gasteiger partial charge is 0.247 e. The van der Waals surface area contributed by atoms with Gasteiger partial charge < -0.3 is 9.80 Å². The summed E-state index contributed by atoms with van der Waals surface area (Å²) in [5.41, 5.74) is 2.12. The number of amides is 1. The average molecular weight is 310 g/mol. The van der Waals surface area contributed by atoms with Crippen molar-refractivity contribution in [2.75, 3.05) is 26.7 Å². The number of benzene rings is 1. The number of likely N-dealkylation sites (N-methyl/N-ethyl adjacent to an activating group) is 1. The number of hydrogen-bond acceptors (Lipinski definition) is 3. The molecular weight excluding hydrogens is 288 g/mol. The monoisotopic (exact) mass is 310 g/mol. The largest absolute Gasteiger partial charge is 0.330 e. The fourth-order valence-corrected chi connectivity index (χ4v) is 2.93. The third-order valence-corrected chi connectivity index (χ3v) is 4.19. The average Bonchev–Trinajstić information content (AvgIpc) is 2.99. The molecule has 1 aliphatic rings. The minimum atomic E-state index is 0.0517. The predicted octanol–water partition coefficient (Wildman–Crippen LogP) is 1.95. The van der Waals surface area contributed by atoms with Crippen LogP contribution in [0.1, 0.15) is 17.2 Å². The van der Waals surface area contributed by atoms with E-state index >= 15 is 0 Å². The van der Waals surface area contributed by atoms with Crippen LogP contribution >= 0.6 is 0 Å². The van der Waals surface area contributed by atoms with Gasteiger partial charge in [-0.15, -0.1) is 0 Å². The summed E-state index contributed by atoms with van der Waals surface area (Å²) in [5, 5.41) is 4.11. The lowest BCUT2D eigenvalue weighted by atomic mass is 10.0. The zero-order chi connectivity index (χ0) is 16.2. The van der Waals surface area contributed by atoms with E-state index in [1.54, 1.807) is 17.0 Å². The van der Waals surface area contributed by atoms with Gasteiger partial charge in [0.05, 0.1) is 12.2 Å². The molecule has 1 aromatic carbocycles. The minimum Gasteiger partial charge on any atom is -0.330 e. The van der Waals surface area contributed by atoms with Crippen LogP contribution in [0.15, 0.2) is 48.8 Å². The maximum atomic E-state index is 12.7. The van der Waals surface area contributed by atoms with E-state index in [9.17, 15) is 4.79 Å². The highest BCUT2D eigenvalue weighted by Gasteiger charge is 2.28. The summed E-state index contributed by atoms with van der Waals surface area (Å²) < 4.78 is 1.73. The minimum absolute atomic E-state index is 0.0517. The van der Waals surface area contributed by atoms with Crippen LogP contribution in [0, 0.1) is 0 Å². The number of aromatic nitrogens is 2. The van der Waals surface area contributed by atoms with Gasteiger partial charge in [0, 0.05) is 44.5 Å². The van der Waals surface area contributed by atoms with Gasteiger partial charge in [-0.25, -0.2) is 0 Å². The molecule has 1 fully saturated rings. The van der Waals surface area contributed by atoms with E-state index in [4.69, 9.17) is 0 Å². The molecule has 1 aromatic heterocycles. The number of piperazine rings is 1. The van der Waals surface area contributed by atoms with E-state index in [2.05, 4.69) is 29.2 Å². The molecule has 2 heterocycles. The Morgan fingerprint density at radius 3 is 2.70 bits per heavy atom. The lowest BCUT2D eigenvalue weighted by Crippen LogP contribution is -2.48. The van der Waals surface area contributed by atoms with E-state index in [1.807, 2.05) is 42.4 Å². The number of carbonyl (C=O) groups excluding carboxylic acids is 1. The van der Waals surface area contributed by atoms with E-state index in [-0.39, 0.29) is 11.9 Å². The summed E-state index contributed by atoms with van der Waals surface area (Å²) in [6.45, 7) is 2.50. The molecule has 0 bridgehead atoms. The van der Waals surface area contributed by atoms with Gasteiger partial charge in [0.1, 0.15) is 0 Å². The highest BCUT2D eigenvalue weighted by molar-refractivity contribution is 5.92. The summed E-state index contributed by atoms with van der Waals surface area (Å²) in [6, 6.07) is 10.3. The van der Waals surface area contributed by atoms with Crippen LogP contribution in [0.3, 0.4) is 0 Å². The molecule has 5 heteroatoms. The Balaban J connectivity index is 1.78. The molecule has 5 nitrogen and oxygen atoms in total. The van der Waals surface area contributed by atoms with Crippen LogP contribution in [0.5, 0.6) is 0 Å². The van der Waals surface area contributed by atoms with Gasteiger partial charge in [0.15, 0.2) is 0 Å². The predicted molar refractivity (Wildman–Crippen MR) is 90.6 cm³/mol. The fourth-order valence-electron chi connectivity index (χ4n) is 2.93. The third-order valence-electron chi connectivity index (χ3n) is 4.19. The summed E-state index contributed by atoms with van der Waals surface area (Å²) in [6.07, 6.45) is 7.12. The first-order valence-electron chi connectivity index (χ1n) is 7.84. The molecule has 1 saturated heterocycles. The summed E-state index contributed by atoms with van der Waals surface area (Å²) in [4.78, 5) is 16.9. The first kappa shape index (κ1) is 15.5. The highest BCUT2D eigenvalue weighted by atomic mass is 16.2. The van der Waals surface area contributed by atoms with E-state index in [0.717, 1.165) is 25.2 Å². The zero-order valence-electron chi connectivity index (χ0n) is 13.6. The van der Waals surface area contributed by atoms with Crippen LogP contribution in [0.25, 0.3) is 6.08 Å². The van der Waals surface area contributed by atoms with Gasteiger partial charge in [0.25, 0.3) is 0 Å². The SMILES string of the molecule is CN1CCN(C(=O)/C=C/c2cnn(C)c2)[C@H](c2ccccc2)C1. The molecule has 1 amide bonds. The summed E-state index contributed by atoms with van der Waals surface area (Å²) in [5.74, 6) is 0.0517. The second-order valence-corrected chi connectivity index (χ2v) is 6.00. The zero-order valence-corrected chi connectivity index (χ0v) is 13.6. The molecule has 0 aliphatic carbocycles. The number of nitrogens with zero attached hydrogens (tertiary/aromatic N) is 4. The normalized spacial score (nSPS) is 19.4. The van der Waals surface area contributed by atoms with Crippen molar-refractivity contribution in [2.45, 2.75) is 6.04 Å². The lowest BCUT2D eigenvalue weighted by molar-refractivity contribution is -0.130. The molecule has 120 valence electrons. The van der Waals surface area contributed by atoms with Crippen molar-refractivity contribution in [1.82, 2.24) is 19.6 Å². The number of rotatable bonds is 3. The van der Waals surface area contributed by atoms with E-state index < -0.39 is 0 Å². The lowest BCUT2D eigenvalue weighted by Gasteiger charge is -2.39. The first-order chi connectivity index (χ1) is 11.1. The van der Waals surface area contributed by atoms with Crippen molar-refractivity contribution < 1.29 is 4.79 Å². The van der Waals surface area contributed by atoms with Gasteiger partial charge in [0.2, 0.25) is 5.91 Å². The highest BCUT2D eigenvalue weighted by Crippen LogP contribution is 2.25. The van der Waals surface area contributed by atoms with Gasteiger partial charge in [-0.1, -0.05) is 30.3 Å².